The average molecular weight is 607 g/mol. The Bertz CT molecular complexity index is 982. The molecule has 0 atom stereocenters. The Kier molecular flexibility index (Phi) is 13.0. The van der Waals surface area contributed by atoms with Gasteiger partial charge in [0, 0.05) is 62.3 Å². The summed E-state index contributed by atoms with van der Waals surface area (Å²) in [5.41, 5.74) is 0.304. The highest BCUT2D eigenvalue weighted by Gasteiger charge is 2.26. The number of rotatable bonds is 1. The van der Waals surface area contributed by atoms with Crippen molar-refractivity contribution >= 4 is 33.8 Å². The van der Waals surface area contributed by atoms with Crippen molar-refractivity contribution in [2.45, 2.75) is 72.0 Å². The molecule has 4 rings (SSSR count). The van der Waals surface area contributed by atoms with E-state index in [0.717, 1.165) is 49.2 Å². The first-order chi connectivity index (χ1) is 18.3. The second kappa shape index (κ2) is 15.6. The molecule has 0 unspecified atom stereocenters. The van der Waals surface area contributed by atoms with E-state index < -0.39 is 5.60 Å². The first-order valence-electron chi connectivity index (χ1n) is 13.5. The minimum Gasteiger partial charge on any atom is -0.444 e. The number of carbonyl (C=O) groups is 2. The summed E-state index contributed by atoms with van der Waals surface area (Å²) in [6.45, 7) is 16.1. The average Bonchev–Trinajstić information content (AvgIpc) is 2.89. The zero-order chi connectivity index (χ0) is 28.9. The molecule has 2 aromatic rings. The van der Waals surface area contributed by atoms with Crippen molar-refractivity contribution in [3.63, 3.8) is 0 Å². The lowest BCUT2D eigenvalue weighted by Gasteiger charge is -2.36. The number of hydrogen-bond donors (Lipinski definition) is 0. The summed E-state index contributed by atoms with van der Waals surface area (Å²) in [6, 6.07) is 7.78. The van der Waals surface area contributed by atoms with Crippen LogP contribution in [-0.2, 0) is 9.47 Å². The van der Waals surface area contributed by atoms with Crippen molar-refractivity contribution in [3.8, 4) is 0 Å². The molecule has 2 amide bonds. The number of aromatic nitrogens is 2. The van der Waals surface area contributed by atoms with Crippen LogP contribution in [0.2, 0.25) is 0 Å². The van der Waals surface area contributed by atoms with Crippen molar-refractivity contribution in [2.75, 3.05) is 44.2 Å². The minimum atomic E-state index is -0.433. The van der Waals surface area contributed by atoms with E-state index in [4.69, 9.17) is 9.47 Å². The van der Waals surface area contributed by atoms with E-state index in [0.29, 0.717) is 13.1 Å². The fourth-order valence-electron chi connectivity index (χ4n) is 3.76. The Morgan fingerprint density at radius 1 is 0.718 bits per heavy atom. The predicted octanol–water partition coefficient (Wildman–Crippen LogP) is 6.39. The number of piperazine rings is 1. The Hall–Kier alpha value is -2.88. The van der Waals surface area contributed by atoms with Gasteiger partial charge in [0.1, 0.15) is 11.2 Å². The number of likely N-dealkylation sites (tertiary alicyclic amines) is 1. The third-order valence-corrected chi connectivity index (χ3v) is 6.04. The van der Waals surface area contributed by atoms with E-state index in [1.165, 1.54) is 6.42 Å². The van der Waals surface area contributed by atoms with Crippen LogP contribution in [0.3, 0.4) is 0 Å². The van der Waals surface area contributed by atoms with Crippen LogP contribution in [0.4, 0.5) is 15.3 Å². The number of halogens is 1. The van der Waals surface area contributed by atoms with Crippen LogP contribution in [-0.4, -0.2) is 82.4 Å². The van der Waals surface area contributed by atoms with Crippen LogP contribution in [0.1, 0.15) is 60.8 Å². The summed E-state index contributed by atoms with van der Waals surface area (Å²) in [5, 5.41) is 0. The number of hydrogen-bond acceptors (Lipinski definition) is 7. The van der Waals surface area contributed by atoms with E-state index in [2.05, 4.69) is 30.8 Å². The Labute approximate surface area is 242 Å². The smallest absolute Gasteiger partial charge is 0.410 e. The van der Waals surface area contributed by atoms with E-state index in [9.17, 15) is 9.59 Å². The predicted molar refractivity (Wildman–Crippen MR) is 158 cm³/mol. The highest BCUT2D eigenvalue weighted by Crippen LogP contribution is 2.17. The molecule has 2 fully saturated rings. The number of carbonyl (C=O) groups excluding carboxylic acids is 2. The van der Waals surface area contributed by atoms with Crippen molar-refractivity contribution in [2.24, 2.45) is 0 Å². The molecular weight excluding hydrogens is 562 g/mol. The summed E-state index contributed by atoms with van der Waals surface area (Å²) in [7, 11) is 0. The van der Waals surface area contributed by atoms with Gasteiger partial charge in [-0.1, -0.05) is 0 Å². The minimum absolute atomic E-state index is 0.160. The van der Waals surface area contributed by atoms with Gasteiger partial charge < -0.3 is 24.2 Å². The van der Waals surface area contributed by atoms with Gasteiger partial charge in [-0.2, -0.15) is 0 Å². The molecule has 2 aliphatic rings. The van der Waals surface area contributed by atoms with E-state index in [1.54, 1.807) is 28.4 Å². The van der Waals surface area contributed by atoms with Gasteiger partial charge in [-0.3, -0.25) is 9.97 Å². The molecule has 0 radical (unpaired) electrons. The molecule has 216 valence electrons. The largest absolute Gasteiger partial charge is 0.444 e. The standard InChI is InChI=1S/C14H21N3O2.C10H19NO2.C5H4BrN/c1-14(2,3)19-13(18)17-9-7-16(8-10-17)12-5-4-6-15-11-12;1-10(2,3)13-9(12)11-7-5-4-6-8-11;6-5-2-1-3-7-4-5/h4-6,11H,7-10H2,1-3H3;4-8H2,1-3H3;1-4H. The molecular formula is C29H44BrN5O4. The second-order valence-electron chi connectivity index (χ2n) is 11.4. The lowest BCUT2D eigenvalue weighted by molar-refractivity contribution is 0.0212. The van der Waals surface area contributed by atoms with Crippen molar-refractivity contribution in [3.05, 3.63) is 53.5 Å². The van der Waals surface area contributed by atoms with Gasteiger partial charge >= 0.3 is 12.2 Å². The molecule has 39 heavy (non-hydrogen) atoms. The third-order valence-electron chi connectivity index (χ3n) is 5.58. The first-order valence-corrected chi connectivity index (χ1v) is 14.3. The molecule has 0 saturated carbocycles. The normalized spacial score (nSPS) is 15.7. The molecule has 2 saturated heterocycles. The number of piperidine rings is 1. The van der Waals surface area contributed by atoms with Gasteiger partial charge in [0.05, 0.1) is 11.9 Å². The van der Waals surface area contributed by atoms with Gasteiger partial charge in [-0.25, -0.2) is 9.59 Å². The zero-order valence-electron chi connectivity index (χ0n) is 24.2. The van der Waals surface area contributed by atoms with Crippen LogP contribution in [0.15, 0.2) is 53.5 Å². The van der Waals surface area contributed by atoms with Gasteiger partial charge in [0.15, 0.2) is 0 Å². The molecule has 2 aliphatic heterocycles. The molecule has 2 aromatic heterocycles. The molecule has 10 heteroatoms. The second-order valence-corrected chi connectivity index (χ2v) is 12.3. The molecule has 0 aliphatic carbocycles. The van der Waals surface area contributed by atoms with Crippen molar-refractivity contribution in [1.29, 1.82) is 0 Å². The van der Waals surface area contributed by atoms with Gasteiger partial charge in [-0.15, -0.1) is 0 Å². The molecule has 0 aromatic carbocycles. The van der Waals surface area contributed by atoms with Gasteiger partial charge in [0.25, 0.3) is 0 Å². The summed E-state index contributed by atoms with van der Waals surface area (Å²) in [4.78, 5) is 37.2. The van der Waals surface area contributed by atoms with Crippen LogP contribution >= 0.6 is 15.9 Å². The summed E-state index contributed by atoms with van der Waals surface area (Å²) < 4.78 is 11.7. The quantitative estimate of drug-likeness (QED) is 0.372. The fraction of sp³-hybridized carbons (Fsp3) is 0.586. The van der Waals surface area contributed by atoms with Crippen LogP contribution in [0, 0.1) is 0 Å². The maximum atomic E-state index is 11.9. The van der Waals surface area contributed by atoms with E-state index in [1.807, 2.05) is 72.0 Å². The van der Waals surface area contributed by atoms with Gasteiger partial charge in [-0.05, 0) is 101 Å². The number of anilines is 1. The molecule has 0 spiro atoms. The molecule has 0 bridgehead atoms. The van der Waals surface area contributed by atoms with Crippen LogP contribution < -0.4 is 4.90 Å². The lowest BCUT2D eigenvalue weighted by atomic mass is 10.1. The van der Waals surface area contributed by atoms with E-state index in [-0.39, 0.29) is 17.8 Å². The van der Waals surface area contributed by atoms with E-state index >= 15 is 0 Å². The number of pyridine rings is 2. The summed E-state index contributed by atoms with van der Waals surface area (Å²) in [5.74, 6) is 0. The Morgan fingerprint density at radius 2 is 1.21 bits per heavy atom. The lowest BCUT2D eigenvalue weighted by Crippen LogP contribution is -2.50. The van der Waals surface area contributed by atoms with Crippen molar-refractivity contribution in [1.82, 2.24) is 19.8 Å². The highest BCUT2D eigenvalue weighted by molar-refractivity contribution is 9.10. The molecule has 0 N–H and O–H groups in total. The highest BCUT2D eigenvalue weighted by atomic mass is 79.9. The monoisotopic (exact) mass is 605 g/mol. The SMILES string of the molecule is Brc1cccnc1.CC(C)(C)OC(=O)N1CCCCC1.CC(C)(C)OC(=O)N1CCN(c2cccnc2)CC1. The Morgan fingerprint density at radius 3 is 1.59 bits per heavy atom. The number of amides is 2. The van der Waals surface area contributed by atoms with Crippen LogP contribution in [0.25, 0.3) is 0 Å². The molecule has 4 heterocycles. The number of ether oxygens (including phenoxy) is 2. The Balaban J connectivity index is 0.000000229. The van der Waals surface area contributed by atoms with Crippen molar-refractivity contribution < 1.29 is 19.1 Å². The third kappa shape index (κ3) is 13.7. The van der Waals surface area contributed by atoms with Crippen LogP contribution in [0.5, 0.6) is 0 Å². The summed E-state index contributed by atoms with van der Waals surface area (Å²) in [6.07, 6.45) is 10.2. The topological polar surface area (TPSA) is 88.1 Å². The molecule has 9 nitrogen and oxygen atoms in total. The summed E-state index contributed by atoms with van der Waals surface area (Å²) >= 11 is 3.25. The van der Waals surface area contributed by atoms with Gasteiger partial charge in [0.2, 0.25) is 0 Å². The maximum absolute atomic E-state index is 11.9. The fourth-order valence-corrected chi connectivity index (χ4v) is 4.03. The maximum Gasteiger partial charge on any atom is 0.410 e. The number of nitrogens with zero attached hydrogens (tertiary/aromatic N) is 5. The zero-order valence-corrected chi connectivity index (χ0v) is 25.8. The first kappa shape index (κ1) is 32.3.